The lowest BCUT2D eigenvalue weighted by Gasteiger charge is -2.14. The second-order valence-electron chi connectivity index (χ2n) is 3.06. The summed E-state index contributed by atoms with van der Waals surface area (Å²) in [6.07, 6.45) is -2.89. The highest BCUT2D eigenvalue weighted by Crippen LogP contribution is 2.34. The van der Waals surface area contributed by atoms with Crippen LogP contribution in [0.15, 0.2) is 16.6 Å². The first kappa shape index (κ1) is 12.9. The zero-order valence-electron chi connectivity index (χ0n) is 7.82. The monoisotopic (exact) mass is 295 g/mol. The Balaban J connectivity index is 3.32. The Kier molecular flexibility index (Phi) is 3.82. The molecule has 0 radical (unpaired) electrons. The molecule has 4 nitrogen and oxygen atoms in total. The van der Waals surface area contributed by atoms with Crippen molar-refractivity contribution in [2.75, 3.05) is 0 Å². The van der Waals surface area contributed by atoms with Crippen molar-refractivity contribution in [3.05, 3.63) is 27.7 Å². The van der Waals surface area contributed by atoms with Gasteiger partial charge in [-0.15, -0.1) is 0 Å². The van der Waals surface area contributed by atoms with E-state index in [0.29, 0.717) is 0 Å². The molecule has 16 heavy (non-hydrogen) atoms. The summed E-state index contributed by atoms with van der Waals surface area (Å²) in [4.78, 5) is 10.7. The van der Waals surface area contributed by atoms with E-state index >= 15 is 0 Å². The molecule has 0 fully saturated rings. The summed E-state index contributed by atoms with van der Waals surface area (Å²) in [5, 5.41) is 18.2. The van der Waals surface area contributed by atoms with Gasteiger partial charge in [0, 0.05) is 5.56 Å². The standard InChI is InChI=1S/C9H8BrF2NO3/c10-5-2-3(9(15)16)1-4(7(5)14)6(13)8(11)12/h1-2,6,8,14H,13H2,(H,15,16)/t6-/m1/s1. The van der Waals surface area contributed by atoms with Crippen LogP contribution >= 0.6 is 15.9 Å². The molecule has 0 amide bonds. The maximum absolute atomic E-state index is 12.4. The molecule has 4 N–H and O–H groups in total. The van der Waals surface area contributed by atoms with Crippen molar-refractivity contribution < 1.29 is 23.8 Å². The normalized spacial score (nSPS) is 12.8. The fraction of sp³-hybridized carbons (Fsp3) is 0.222. The minimum Gasteiger partial charge on any atom is -0.506 e. The first-order valence-electron chi connectivity index (χ1n) is 4.14. The lowest BCUT2D eigenvalue weighted by molar-refractivity contribution is 0.0695. The number of rotatable bonds is 3. The Morgan fingerprint density at radius 2 is 2.00 bits per heavy atom. The summed E-state index contributed by atoms with van der Waals surface area (Å²) in [5.74, 6) is -1.76. The van der Waals surface area contributed by atoms with Gasteiger partial charge in [0.15, 0.2) is 0 Å². The highest BCUT2D eigenvalue weighted by molar-refractivity contribution is 9.10. The zero-order valence-corrected chi connectivity index (χ0v) is 9.41. The van der Waals surface area contributed by atoms with E-state index in [1.54, 1.807) is 0 Å². The van der Waals surface area contributed by atoms with Crippen LogP contribution in [0.5, 0.6) is 5.75 Å². The largest absolute Gasteiger partial charge is 0.506 e. The van der Waals surface area contributed by atoms with Gasteiger partial charge in [-0.1, -0.05) is 0 Å². The van der Waals surface area contributed by atoms with Crippen LogP contribution in [0.25, 0.3) is 0 Å². The van der Waals surface area contributed by atoms with Gasteiger partial charge in [-0.2, -0.15) is 0 Å². The maximum atomic E-state index is 12.4. The topological polar surface area (TPSA) is 83.6 Å². The third-order valence-corrected chi connectivity index (χ3v) is 2.57. The molecule has 0 saturated carbocycles. The molecule has 1 aromatic carbocycles. The second kappa shape index (κ2) is 4.75. The van der Waals surface area contributed by atoms with Crippen LogP contribution in [0.2, 0.25) is 0 Å². The number of phenols is 1. The van der Waals surface area contributed by atoms with Gasteiger partial charge in [0.2, 0.25) is 0 Å². The van der Waals surface area contributed by atoms with Crippen molar-refractivity contribution in [1.29, 1.82) is 0 Å². The summed E-state index contributed by atoms with van der Waals surface area (Å²) in [5.41, 5.74) is 4.62. The lowest BCUT2D eigenvalue weighted by Crippen LogP contribution is -2.19. The van der Waals surface area contributed by atoms with Crippen LogP contribution in [0.1, 0.15) is 22.0 Å². The number of carbonyl (C=O) groups is 1. The van der Waals surface area contributed by atoms with E-state index in [0.717, 1.165) is 12.1 Å². The van der Waals surface area contributed by atoms with Gasteiger partial charge in [-0.25, -0.2) is 13.6 Å². The molecule has 0 bridgehead atoms. The van der Waals surface area contributed by atoms with Crippen molar-refractivity contribution in [2.24, 2.45) is 5.73 Å². The van der Waals surface area contributed by atoms with E-state index in [1.807, 2.05) is 0 Å². The third kappa shape index (κ3) is 2.48. The zero-order chi connectivity index (χ0) is 12.5. The molecule has 0 aliphatic heterocycles. The van der Waals surface area contributed by atoms with E-state index < -0.39 is 24.2 Å². The number of nitrogens with two attached hydrogens (primary N) is 1. The van der Waals surface area contributed by atoms with Crippen LogP contribution in [-0.4, -0.2) is 22.6 Å². The summed E-state index contributed by atoms with van der Waals surface area (Å²) < 4.78 is 24.7. The molecule has 0 aliphatic carbocycles. The molecule has 0 saturated heterocycles. The fourth-order valence-electron chi connectivity index (χ4n) is 1.13. The van der Waals surface area contributed by atoms with Crippen LogP contribution in [0.4, 0.5) is 8.78 Å². The Hall–Kier alpha value is -1.21. The van der Waals surface area contributed by atoms with E-state index in [2.05, 4.69) is 15.9 Å². The molecule has 0 aromatic heterocycles. The smallest absolute Gasteiger partial charge is 0.335 e. The molecular weight excluding hydrogens is 288 g/mol. The first-order chi connectivity index (χ1) is 7.34. The summed E-state index contributed by atoms with van der Waals surface area (Å²) in [6.45, 7) is 0. The number of halogens is 3. The van der Waals surface area contributed by atoms with Crippen molar-refractivity contribution in [1.82, 2.24) is 0 Å². The summed E-state index contributed by atoms with van der Waals surface area (Å²) in [7, 11) is 0. The summed E-state index contributed by atoms with van der Waals surface area (Å²) >= 11 is 2.87. The Morgan fingerprint density at radius 3 is 2.44 bits per heavy atom. The number of aromatic carboxylic acids is 1. The van der Waals surface area contributed by atoms with Gasteiger partial charge in [-0.05, 0) is 28.1 Å². The Bertz CT molecular complexity index is 425. The number of hydrogen-bond acceptors (Lipinski definition) is 3. The van der Waals surface area contributed by atoms with Crippen LogP contribution in [0, 0.1) is 0 Å². The van der Waals surface area contributed by atoms with Gasteiger partial charge < -0.3 is 15.9 Å². The quantitative estimate of drug-likeness (QED) is 0.797. The van der Waals surface area contributed by atoms with Crippen LogP contribution < -0.4 is 5.73 Å². The van der Waals surface area contributed by atoms with Gasteiger partial charge in [0.25, 0.3) is 6.43 Å². The molecule has 88 valence electrons. The number of phenolic OH excluding ortho intramolecular Hbond substituents is 1. The van der Waals surface area contributed by atoms with E-state index in [-0.39, 0.29) is 15.6 Å². The van der Waals surface area contributed by atoms with Crippen molar-refractivity contribution in [2.45, 2.75) is 12.5 Å². The molecule has 7 heteroatoms. The lowest BCUT2D eigenvalue weighted by atomic mass is 10.0. The molecule has 0 heterocycles. The first-order valence-corrected chi connectivity index (χ1v) is 4.93. The molecule has 0 spiro atoms. The van der Waals surface area contributed by atoms with Gasteiger partial charge in [-0.3, -0.25) is 0 Å². The molecule has 1 atom stereocenters. The van der Waals surface area contributed by atoms with Crippen LogP contribution in [-0.2, 0) is 0 Å². The van der Waals surface area contributed by atoms with Crippen LogP contribution in [0.3, 0.4) is 0 Å². The maximum Gasteiger partial charge on any atom is 0.335 e. The third-order valence-electron chi connectivity index (χ3n) is 1.97. The number of carboxylic acids is 1. The molecular formula is C9H8BrF2NO3. The predicted molar refractivity (Wildman–Crippen MR) is 55.7 cm³/mol. The second-order valence-corrected chi connectivity index (χ2v) is 3.92. The van der Waals surface area contributed by atoms with Crippen molar-refractivity contribution in [3.63, 3.8) is 0 Å². The summed E-state index contributed by atoms with van der Waals surface area (Å²) in [6, 6.07) is 0.314. The minimum absolute atomic E-state index is 0.0125. The average Bonchev–Trinajstić information content (AvgIpc) is 2.20. The fourth-order valence-corrected chi connectivity index (χ4v) is 1.61. The Labute approximate surface area is 97.8 Å². The Morgan fingerprint density at radius 1 is 1.44 bits per heavy atom. The minimum atomic E-state index is -2.89. The number of carboxylic acid groups (broad SMARTS) is 1. The van der Waals surface area contributed by atoms with E-state index in [4.69, 9.17) is 10.8 Å². The highest BCUT2D eigenvalue weighted by atomic mass is 79.9. The van der Waals surface area contributed by atoms with Gasteiger partial charge in [0.1, 0.15) is 5.75 Å². The van der Waals surface area contributed by atoms with Crippen molar-refractivity contribution in [3.8, 4) is 5.75 Å². The predicted octanol–water partition coefficient (Wildman–Crippen LogP) is 2.12. The van der Waals surface area contributed by atoms with Gasteiger partial charge >= 0.3 is 5.97 Å². The average molecular weight is 296 g/mol. The van der Waals surface area contributed by atoms with Gasteiger partial charge in [0.05, 0.1) is 16.1 Å². The molecule has 1 aromatic rings. The number of aromatic hydroxyl groups is 1. The number of alkyl halides is 2. The van der Waals surface area contributed by atoms with Crippen molar-refractivity contribution >= 4 is 21.9 Å². The number of hydrogen-bond donors (Lipinski definition) is 3. The highest BCUT2D eigenvalue weighted by Gasteiger charge is 2.23. The van der Waals surface area contributed by atoms with E-state index in [1.165, 1.54) is 0 Å². The van der Waals surface area contributed by atoms with E-state index in [9.17, 15) is 18.7 Å². The SMILES string of the molecule is N[C@H](c1cc(C(=O)O)cc(Br)c1O)C(F)F. The molecule has 0 aliphatic rings. The number of benzene rings is 1. The molecule has 1 rings (SSSR count). The molecule has 0 unspecified atom stereocenters.